The highest BCUT2D eigenvalue weighted by molar-refractivity contribution is 7.89. The molecule has 14 heteroatoms. The van der Waals surface area contributed by atoms with Crippen LogP contribution in [-0.2, 0) is 14.8 Å². The number of fused-ring (bicyclic) bond motifs is 1. The number of amides is 2. The van der Waals surface area contributed by atoms with Gasteiger partial charge in [0.05, 0.1) is 12.2 Å². The second-order valence-corrected chi connectivity index (χ2v) is 13.5. The van der Waals surface area contributed by atoms with Crippen molar-refractivity contribution in [3.8, 4) is 10.6 Å². The first-order valence-corrected chi connectivity index (χ1v) is 15.9. The topological polar surface area (TPSA) is 134 Å². The molecule has 214 valence electrons. The van der Waals surface area contributed by atoms with Crippen LogP contribution in [0.5, 0.6) is 0 Å². The number of piperazine rings is 1. The summed E-state index contributed by atoms with van der Waals surface area (Å²) in [6, 6.07) is 10.9. The summed E-state index contributed by atoms with van der Waals surface area (Å²) in [6.45, 7) is 1.41. The summed E-state index contributed by atoms with van der Waals surface area (Å²) < 4.78 is 29.4. The van der Waals surface area contributed by atoms with E-state index in [0.29, 0.717) is 44.3 Å². The molecular formula is C27H27ClN6O5S2. The molecule has 0 bridgehead atoms. The minimum Gasteiger partial charge on any atom is -0.618 e. The van der Waals surface area contributed by atoms with Crippen molar-refractivity contribution in [1.29, 1.82) is 0 Å². The number of benzene rings is 1. The molecule has 6 rings (SSSR count). The Hall–Kier alpha value is -3.52. The number of sulfonamides is 1. The third kappa shape index (κ3) is 5.42. The van der Waals surface area contributed by atoms with E-state index < -0.39 is 22.0 Å². The highest BCUT2D eigenvalue weighted by Gasteiger charge is 2.39. The van der Waals surface area contributed by atoms with Crippen molar-refractivity contribution in [3.05, 3.63) is 70.1 Å². The van der Waals surface area contributed by atoms with Gasteiger partial charge in [-0.25, -0.2) is 13.4 Å². The molecule has 1 N–H and O–H groups in total. The molecule has 2 saturated heterocycles. The number of carbonyl (C=O) groups is 2. The van der Waals surface area contributed by atoms with Crippen LogP contribution in [0.2, 0.25) is 5.02 Å². The maximum Gasteiger partial charge on any atom is 0.283 e. The van der Waals surface area contributed by atoms with Gasteiger partial charge in [0.2, 0.25) is 11.6 Å². The maximum atomic E-state index is 13.7. The summed E-state index contributed by atoms with van der Waals surface area (Å²) in [4.78, 5) is 38.0. The first-order chi connectivity index (χ1) is 19.7. The van der Waals surface area contributed by atoms with E-state index in [-0.39, 0.29) is 42.0 Å². The first-order valence-electron chi connectivity index (χ1n) is 13.2. The number of hydrogen-bond donors (Lipinski definition) is 1. The van der Waals surface area contributed by atoms with Crippen LogP contribution in [-0.4, -0.2) is 83.1 Å². The molecule has 41 heavy (non-hydrogen) atoms. The van der Waals surface area contributed by atoms with Crippen LogP contribution in [0.4, 0.5) is 0 Å². The van der Waals surface area contributed by atoms with E-state index in [9.17, 15) is 23.2 Å². The number of pyridine rings is 1. The standard InChI is InChI=1S/C27H27ClN6O5S2/c28-19-6-7-21-18(13-19)14-24(30-21)41(38,39)32-11-12-33(20(17-32)15-25(35)31-8-3-4-9-31)27(36)26-29-16-23(40-26)22-5-1-2-10-34(22)37/h1-2,5-7,10,13-14,16,20,30H,3-4,8-9,11-12,15,17H2. The predicted molar refractivity (Wildman–Crippen MR) is 154 cm³/mol. The van der Waals surface area contributed by atoms with Crippen molar-refractivity contribution in [2.75, 3.05) is 32.7 Å². The average molecular weight is 615 g/mol. The number of halogens is 1. The van der Waals surface area contributed by atoms with E-state index in [0.717, 1.165) is 24.2 Å². The van der Waals surface area contributed by atoms with Gasteiger partial charge in [-0.3, -0.25) is 9.59 Å². The third-order valence-corrected chi connectivity index (χ3v) is 10.5. The number of nitrogens with zero attached hydrogens (tertiary/aromatic N) is 5. The molecule has 1 unspecified atom stereocenters. The van der Waals surface area contributed by atoms with Gasteiger partial charge >= 0.3 is 0 Å². The molecule has 0 aliphatic carbocycles. The molecule has 2 aliphatic rings. The zero-order chi connectivity index (χ0) is 28.7. The number of carbonyl (C=O) groups excluding carboxylic acids is 2. The van der Waals surface area contributed by atoms with Gasteiger partial charge in [-0.15, -0.1) is 11.3 Å². The Morgan fingerprint density at radius 2 is 1.93 bits per heavy atom. The Morgan fingerprint density at radius 1 is 1.12 bits per heavy atom. The summed E-state index contributed by atoms with van der Waals surface area (Å²) in [5, 5.41) is 13.6. The molecule has 0 radical (unpaired) electrons. The number of nitrogens with one attached hydrogen (secondary N) is 1. The van der Waals surface area contributed by atoms with Gasteiger partial charge in [0.15, 0.2) is 11.2 Å². The summed E-state index contributed by atoms with van der Waals surface area (Å²) in [5.74, 6) is -0.507. The largest absolute Gasteiger partial charge is 0.618 e. The molecule has 11 nitrogen and oxygen atoms in total. The lowest BCUT2D eigenvalue weighted by Gasteiger charge is -2.40. The maximum absolute atomic E-state index is 13.7. The van der Waals surface area contributed by atoms with Crippen LogP contribution in [0, 0.1) is 5.21 Å². The molecular weight excluding hydrogens is 588 g/mol. The molecule has 1 aromatic carbocycles. The van der Waals surface area contributed by atoms with Gasteiger partial charge in [0.25, 0.3) is 15.9 Å². The van der Waals surface area contributed by atoms with Crippen LogP contribution < -0.4 is 4.73 Å². The summed E-state index contributed by atoms with van der Waals surface area (Å²) in [6.07, 6.45) is 4.69. The summed E-state index contributed by atoms with van der Waals surface area (Å²) in [7, 11) is -3.95. The molecule has 2 fully saturated rings. The van der Waals surface area contributed by atoms with Gasteiger partial charge in [-0.05, 0) is 43.2 Å². The van der Waals surface area contributed by atoms with Crippen LogP contribution in [0.15, 0.2) is 59.9 Å². The van der Waals surface area contributed by atoms with Gasteiger partial charge in [-0.2, -0.15) is 9.04 Å². The lowest BCUT2D eigenvalue weighted by molar-refractivity contribution is -0.593. The highest BCUT2D eigenvalue weighted by Crippen LogP contribution is 2.29. The van der Waals surface area contributed by atoms with Crippen molar-refractivity contribution in [2.45, 2.75) is 30.3 Å². The molecule has 4 aromatic rings. The number of rotatable bonds is 6. The fourth-order valence-electron chi connectivity index (χ4n) is 5.37. The van der Waals surface area contributed by atoms with E-state index in [4.69, 9.17) is 11.6 Å². The van der Waals surface area contributed by atoms with E-state index in [1.165, 1.54) is 16.7 Å². The average Bonchev–Trinajstić information content (AvgIpc) is 3.74. The minimum atomic E-state index is -3.95. The molecule has 1 atom stereocenters. The van der Waals surface area contributed by atoms with Gasteiger partial charge in [-0.1, -0.05) is 11.6 Å². The number of aromatic amines is 1. The lowest BCUT2D eigenvalue weighted by atomic mass is 10.1. The van der Waals surface area contributed by atoms with Crippen molar-refractivity contribution in [3.63, 3.8) is 0 Å². The van der Waals surface area contributed by atoms with Crippen molar-refractivity contribution in [2.24, 2.45) is 0 Å². The number of aromatic nitrogens is 3. The SMILES string of the molecule is O=C(CC1CN(S(=O)(=O)c2cc3cc(Cl)ccc3[nH]2)CCN1C(=O)c1ncc(-c2cccc[n+]2[O-])s1)N1CCCC1. The number of H-pyrrole nitrogens is 1. The van der Waals surface area contributed by atoms with E-state index in [1.54, 1.807) is 52.3 Å². The fourth-order valence-corrected chi connectivity index (χ4v) is 7.92. The van der Waals surface area contributed by atoms with Crippen molar-refractivity contribution >= 4 is 55.7 Å². The van der Waals surface area contributed by atoms with Gasteiger partial charge in [0.1, 0.15) is 9.90 Å². The molecule has 3 aromatic heterocycles. The van der Waals surface area contributed by atoms with Gasteiger partial charge < -0.3 is 20.0 Å². The normalized spacial score (nSPS) is 18.3. The monoisotopic (exact) mass is 614 g/mol. The summed E-state index contributed by atoms with van der Waals surface area (Å²) in [5.41, 5.74) is 1.01. The quantitative estimate of drug-likeness (QED) is 0.262. The zero-order valence-electron chi connectivity index (χ0n) is 21.9. The van der Waals surface area contributed by atoms with E-state index in [1.807, 2.05) is 0 Å². The smallest absolute Gasteiger partial charge is 0.283 e. The molecule has 2 amide bonds. The molecule has 0 spiro atoms. The Labute approximate surface area is 245 Å². The van der Waals surface area contributed by atoms with Crippen LogP contribution in [0.25, 0.3) is 21.5 Å². The van der Waals surface area contributed by atoms with E-state index in [2.05, 4.69) is 9.97 Å². The Kier molecular flexibility index (Phi) is 7.45. The lowest BCUT2D eigenvalue weighted by Crippen LogP contribution is -2.57. The highest BCUT2D eigenvalue weighted by atomic mass is 35.5. The van der Waals surface area contributed by atoms with Gasteiger partial charge in [0, 0.05) is 67.2 Å². The Morgan fingerprint density at radius 3 is 2.71 bits per heavy atom. The van der Waals surface area contributed by atoms with Crippen molar-refractivity contribution < 1.29 is 22.7 Å². The number of hydrogen-bond acceptors (Lipinski definition) is 7. The fraction of sp³-hybridized carbons (Fsp3) is 0.333. The van der Waals surface area contributed by atoms with Crippen LogP contribution in [0.3, 0.4) is 0 Å². The van der Waals surface area contributed by atoms with Crippen LogP contribution >= 0.6 is 22.9 Å². The zero-order valence-corrected chi connectivity index (χ0v) is 24.3. The first kappa shape index (κ1) is 27.6. The summed E-state index contributed by atoms with van der Waals surface area (Å²) >= 11 is 7.17. The van der Waals surface area contributed by atoms with Crippen LogP contribution in [0.1, 0.15) is 29.1 Å². The molecule has 5 heterocycles. The van der Waals surface area contributed by atoms with Crippen molar-refractivity contribution in [1.82, 2.24) is 24.1 Å². The second-order valence-electron chi connectivity index (χ2n) is 10.1. The minimum absolute atomic E-state index is 0.00243. The molecule has 0 saturated carbocycles. The van der Waals surface area contributed by atoms with E-state index >= 15 is 0 Å². The molecule has 2 aliphatic heterocycles. The number of likely N-dealkylation sites (tertiary alicyclic amines) is 1. The Balaban J connectivity index is 1.27. The predicted octanol–water partition coefficient (Wildman–Crippen LogP) is 3.11. The second kappa shape index (κ2) is 11.0. The number of thiazole rings is 1. The Bertz CT molecular complexity index is 1730. The third-order valence-electron chi connectivity index (χ3n) is 7.52.